The van der Waals surface area contributed by atoms with Gasteiger partial charge in [-0.15, -0.1) is 0 Å². The van der Waals surface area contributed by atoms with E-state index >= 15 is 0 Å². The van der Waals surface area contributed by atoms with Crippen LogP contribution in [0.25, 0.3) is 16.9 Å². The summed E-state index contributed by atoms with van der Waals surface area (Å²) in [4.78, 5) is 8.46. The zero-order chi connectivity index (χ0) is 17.4. The van der Waals surface area contributed by atoms with Gasteiger partial charge in [-0.25, -0.2) is 19.0 Å². The number of aromatic nitrogens is 4. The van der Waals surface area contributed by atoms with E-state index in [9.17, 15) is 4.39 Å². The van der Waals surface area contributed by atoms with Crippen LogP contribution in [0.3, 0.4) is 0 Å². The molecule has 0 saturated carbocycles. The predicted octanol–water partition coefficient (Wildman–Crippen LogP) is 4.36. The molecule has 3 rings (SSSR count). The molecule has 0 radical (unpaired) electrons. The molecule has 0 saturated heterocycles. The van der Waals surface area contributed by atoms with E-state index in [1.807, 2.05) is 50.4 Å². The van der Waals surface area contributed by atoms with Crippen LogP contribution in [0, 0.1) is 0 Å². The number of benzene rings is 1. The van der Waals surface area contributed by atoms with Crippen LogP contribution in [0.15, 0.2) is 55.2 Å². The first-order chi connectivity index (χ1) is 11.3. The van der Waals surface area contributed by atoms with Crippen molar-refractivity contribution in [1.29, 1.82) is 0 Å². The van der Waals surface area contributed by atoms with Crippen molar-refractivity contribution in [2.45, 2.75) is 38.8 Å². The van der Waals surface area contributed by atoms with Crippen molar-refractivity contribution in [2.24, 2.45) is 0 Å². The molecule has 4 nitrogen and oxygen atoms in total. The Balaban J connectivity index is 2.08. The molecule has 5 heteroatoms. The van der Waals surface area contributed by atoms with E-state index in [4.69, 9.17) is 0 Å². The highest BCUT2D eigenvalue weighted by Crippen LogP contribution is 2.39. The summed E-state index contributed by atoms with van der Waals surface area (Å²) in [5.41, 5.74) is 0.590. The molecule has 0 atom stereocenters. The molecule has 0 fully saturated rings. The van der Waals surface area contributed by atoms with Crippen molar-refractivity contribution in [2.75, 3.05) is 0 Å². The Labute approximate surface area is 141 Å². The fourth-order valence-electron chi connectivity index (χ4n) is 2.49. The third-order valence-electron chi connectivity index (χ3n) is 4.76. The molecular formula is C19H21FN4. The molecule has 0 aliphatic heterocycles. The van der Waals surface area contributed by atoms with Gasteiger partial charge in [-0.2, -0.15) is 5.10 Å². The first-order valence-corrected chi connectivity index (χ1v) is 7.90. The standard InChI is InChI=1S/C19H21FN4/c1-18(2,19(3,4)20)16-11-21-13-22-17(16)24-12-15(10-23-24)14-8-6-5-7-9-14/h5-13H,1-4H3. The average Bonchev–Trinajstić information content (AvgIpc) is 3.04. The van der Waals surface area contributed by atoms with E-state index in [2.05, 4.69) is 15.1 Å². The first kappa shape index (κ1) is 16.3. The molecule has 1 aromatic carbocycles. The van der Waals surface area contributed by atoms with Gasteiger partial charge in [-0.05, 0) is 19.4 Å². The molecule has 0 spiro atoms. The van der Waals surface area contributed by atoms with Crippen LogP contribution < -0.4 is 0 Å². The van der Waals surface area contributed by atoms with Crippen molar-refractivity contribution in [3.63, 3.8) is 0 Å². The zero-order valence-corrected chi connectivity index (χ0v) is 14.4. The van der Waals surface area contributed by atoms with E-state index < -0.39 is 11.1 Å². The highest BCUT2D eigenvalue weighted by atomic mass is 19.1. The van der Waals surface area contributed by atoms with Crippen molar-refractivity contribution >= 4 is 0 Å². The normalized spacial score (nSPS) is 12.4. The zero-order valence-electron chi connectivity index (χ0n) is 14.4. The molecule has 2 heterocycles. The number of hydrogen-bond acceptors (Lipinski definition) is 3. The van der Waals surface area contributed by atoms with Crippen LogP contribution in [0.5, 0.6) is 0 Å². The molecule has 0 aliphatic rings. The maximum absolute atomic E-state index is 14.7. The summed E-state index contributed by atoms with van der Waals surface area (Å²) in [5, 5.41) is 4.42. The lowest BCUT2D eigenvalue weighted by molar-refractivity contribution is 0.113. The topological polar surface area (TPSA) is 43.6 Å². The Morgan fingerprint density at radius 1 is 0.958 bits per heavy atom. The van der Waals surface area contributed by atoms with Gasteiger partial charge >= 0.3 is 0 Å². The second-order valence-electron chi connectivity index (χ2n) is 6.90. The molecule has 24 heavy (non-hydrogen) atoms. The summed E-state index contributed by atoms with van der Waals surface area (Å²) < 4.78 is 16.4. The number of rotatable bonds is 4. The van der Waals surface area contributed by atoms with Crippen LogP contribution in [0.1, 0.15) is 33.3 Å². The Bertz CT molecular complexity index is 832. The second kappa shape index (κ2) is 5.82. The first-order valence-electron chi connectivity index (χ1n) is 7.90. The van der Waals surface area contributed by atoms with E-state index in [-0.39, 0.29) is 0 Å². The monoisotopic (exact) mass is 324 g/mol. The summed E-state index contributed by atoms with van der Waals surface area (Å²) in [7, 11) is 0. The van der Waals surface area contributed by atoms with Gasteiger partial charge in [0.1, 0.15) is 12.0 Å². The number of alkyl halides is 1. The highest BCUT2D eigenvalue weighted by Gasteiger charge is 2.41. The Kier molecular flexibility index (Phi) is 3.95. The molecule has 0 amide bonds. The van der Waals surface area contributed by atoms with Crippen LogP contribution >= 0.6 is 0 Å². The van der Waals surface area contributed by atoms with Crippen LogP contribution in [0.4, 0.5) is 4.39 Å². The maximum atomic E-state index is 14.7. The van der Waals surface area contributed by atoms with Crippen LogP contribution in [-0.4, -0.2) is 25.4 Å². The Morgan fingerprint density at radius 3 is 2.33 bits per heavy atom. The van der Waals surface area contributed by atoms with Crippen molar-refractivity contribution in [3.05, 3.63) is 60.8 Å². The van der Waals surface area contributed by atoms with Gasteiger partial charge in [-0.3, -0.25) is 0 Å². The van der Waals surface area contributed by atoms with Gasteiger partial charge in [0, 0.05) is 28.9 Å². The number of nitrogens with zero attached hydrogens (tertiary/aromatic N) is 4. The van der Waals surface area contributed by atoms with E-state index in [1.165, 1.54) is 6.33 Å². The minimum absolute atomic E-state index is 0.600. The summed E-state index contributed by atoms with van der Waals surface area (Å²) in [6, 6.07) is 9.99. The van der Waals surface area contributed by atoms with E-state index in [1.54, 1.807) is 30.9 Å². The molecule has 0 aliphatic carbocycles. The lowest BCUT2D eigenvalue weighted by Crippen LogP contribution is -2.40. The van der Waals surface area contributed by atoms with E-state index in [0.717, 1.165) is 16.7 Å². The lowest BCUT2D eigenvalue weighted by atomic mass is 9.73. The van der Waals surface area contributed by atoms with Crippen molar-refractivity contribution in [1.82, 2.24) is 19.7 Å². The summed E-state index contributed by atoms with van der Waals surface area (Å²) in [6.45, 7) is 6.86. The minimum Gasteiger partial charge on any atom is -0.244 e. The molecule has 124 valence electrons. The van der Waals surface area contributed by atoms with Crippen LogP contribution in [-0.2, 0) is 5.41 Å². The highest BCUT2D eigenvalue weighted by molar-refractivity contribution is 5.62. The summed E-state index contributed by atoms with van der Waals surface area (Å²) >= 11 is 0. The summed E-state index contributed by atoms with van der Waals surface area (Å²) in [6.07, 6.45) is 6.83. The third-order valence-corrected chi connectivity index (χ3v) is 4.76. The van der Waals surface area contributed by atoms with Gasteiger partial charge in [0.15, 0.2) is 5.82 Å². The smallest absolute Gasteiger partial charge is 0.160 e. The molecule has 2 aromatic heterocycles. The van der Waals surface area contributed by atoms with Gasteiger partial charge in [0.05, 0.1) is 6.20 Å². The van der Waals surface area contributed by atoms with Crippen molar-refractivity contribution < 1.29 is 4.39 Å². The molecular weight excluding hydrogens is 303 g/mol. The second-order valence-corrected chi connectivity index (χ2v) is 6.90. The Morgan fingerprint density at radius 2 is 1.67 bits per heavy atom. The molecule has 0 N–H and O–H groups in total. The average molecular weight is 324 g/mol. The van der Waals surface area contributed by atoms with E-state index in [0.29, 0.717) is 5.82 Å². The molecule has 0 bridgehead atoms. The third kappa shape index (κ3) is 2.82. The van der Waals surface area contributed by atoms with Crippen LogP contribution in [0.2, 0.25) is 0 Å². The fourth-order valence-corrected chi connectivity index (χ4v) is 2.49. The quantitative estimate of drug-likeness (QED) is 0.716. The molecule has 3 aromatic rings. The summed E-state index contributed by atoms with van der Waals surface area (Å²) in [5.74, 6) is 0.600. The number of hydrogen-bond donors (Lipinski definition) is 0. The maximum Gasteiger partial charge on any atom is 0.160 e. The van der Waals surface area contributed by atoms with Gasteiger partial charge in [0.2, 0.25) is 0 Å². The predicted molar refractivity (Wildman–Crippen MR) is 92.8 cm³/mol. The van der Waals surface area contributed by atoms with Gasteiger partial charge in [0.25, 0.3) is 0 Å². The largest absolute Gasteiger partial charge is 0.244 e. The van der Waals surface area contributed by atoms with Crippen molar-refractivity contribution in [3.8, 4) is 16.9 Å². The van der Waals surface area contributed by atoms with Gasteiger partial charge in [-0.1, -0.05) is 44.2 Å². The Hall–Kier alpha value is -2.56. The number of halogens is 1. The lowest BCUT2D eigenvalue weighted by Gasteiger charge is -2.35. The molecule has 0 unspecified atom stereocenters. The minimum atomic E-state index is -1.43. The van der Waals surface area contributed by atoms with Gasteiger partial charge < -0.3 is 0 Å². The SMILES string of the molecule is CC(C)(F)C(C)(C)c1cncnc1-n1cc(-c2ccccc2)cn1. The fraction of sp³-hybridized carbons (Fsp3) is 0.316.